The molecule has 0 fully saturated rings. The largest absolute Gasteiger partial charge is 0.480 e. The van der Waals surface area contributed by atoms with Crippen molar-refractivity contribution in [3.63, 3.8) is 0 Å². The van der Waals surface area contributed by atoms with Gasteiger partial charge in [-0.05, 0) is 94.1 Å². The number of rotatable bonds is 7. The maximum atomic E-state index is 13.5. The maximum absolute atomic E-state index is 13.5. The second-order valence-corrected chi connectivity index (χ2v) is 10.2. The van der Waals surface area contributed by atoms with Crippen LogP contribution in [0.5, 0.6) is 5.75 Å². The van der Waals surface area contributed by atoms with E-state index in [4.69, 9.17) is 18.9 Å². The number of aromatic nitrogens is 2. The van der Waals surface area contributed by atoms with Gasteiger partial charge in [0.2, 0.25) is 5.82 Å². The molecule has 0 saturated heterocycles. The number of para-hydroxylation sites is 2. The molecule has 0 aliphatic rings. The molecule has 2 heterocycles. The molecule has 2 aromatic heterocycles. The van der Waals surface area contributed by atoms with Crippen LogP contribution in [0.25, 0.3) is 33.5 Å². The number of ether oxygens (including phenoxy) is 2. The van der Waals surface area contributed by atoms with Crippen LogP contribution in [0, 0.1) is 7.14 Å². The number of fused-ring (bicyclic) bond motifs is 2. The first kappa shape index (κ1) is 25.4. The number of benzene rings is 3. The molecule has 0 bridgehead atoms. The zero-order valence-corrected chi connectivity index (χ0v) is 23.8. The van der Waals surface area contributed by atoms with Gasteiger partial charge in [-0.2, -0.15) is 9.78 Å². The standard InChI is InChI=1S/C27H19I2N3O5/c1-2-35-24(33)15-36-25-19(28)11-16(12-20(25)29)14-30-32-26(23-13-17-7-3-6-10-22(17)37-23)31-21-9-5-4-8-18(21)27(32)34/h3-14H,2,15H2,1H3. The molecule has 5 rings (SSSR count). The van der Waals surface area contributed by atoms with Gasteiger partial charge >= 0.3 is 5.97 Å². The number of nitrogens with zero attached hydrogens (tertiary/aromatic N) is 3. The number of hydrogen-bond acceptors (Lipinski definition) is 7. The van der Waals surface area contributed by atoms with Crippen molar-refractivity contribution in [3.05, 3.63) is 89.8 Å². The molecule has 0 amide bonds. The van der Waals surface area contributed by atoms with Crippen LogP contribution in [-0.2, 0) is 9.53 Å². The molecule has 3 aromatic carbocycles. The van der Waals surface area contributed by atoms with E-state index in [2.05, 4.69) is 50.3 Å². The average molecular weight is 719 g/mol. The lowest BCUT2D eigenvalue weighted by atomic mass is 10.2. The van der Waals surface area contributed by atoms with Crippen LogP contribution in [0.4, 0.5) is 0 Å². The first-order valence-corrected chi connectivity index (χ1v) is 13.4. The highest BCUT2D eigenvalue weighted by atomic mass is 127. The average Bonchev–Trinajstić information content (AvgIpc) is 3.32. The lowest BCUT2D eigenvalue weighted by Gasteiger charge is -2.11. The molecule has 0 atom stereocenters. The smallest absolute Gasteiger partial charge is 0.344 e. The van der Waals surface area contributed by atoms with Gasteiger partial charge in [-0.15, -0.1) is 0 Å². The summed E-state index contributed by atoms with van der Waals surface area (Å²) in [6.45, 7) is 1.87. The van der Waals surface area contributed by atoms with Crippen molar-refractivity contribution in [3.8, 4) is 17.3 Å². The van der Waals surface area contributed by atoms with E-state index in [9.17, 15) is 9.59 Å². The topological polar surface area (TPSA) is 95.9 Å². The Labute approximate surface area is 238 Å². The van der Waals surface area contributed by atoms with Gasteiger partial charge < -0.3 is 13.9 Å². The van der Waals surface area contributed by atoms with Crippen molar-refractivity contribution in [2.24, 2.45) is 5.10 Å². The molecule has 0 radical (unpaired) electrons. The number of halogens is 2. The molecule has 10 heteroatoms. The van der Waals surface area contributed by atoms with E-state index < -0.39 is 5.97 Å². The summed E-state index contributed by atoms with van der Waals surface area (Å²) in [7, 11) is 0. The van der Waals surface area contributed by atoms with Crippen molar-refractivity contribution < 1.29 is 18.7 Å². The van der Waals surface area contributed by atoms with Gasteiger partial charge in [-0.1, -0.05) is 30.3 Å². The van der Waals surface area contributed by atoms with Crippen molar-refractivity contribution in [1.82, 2.24) is 9.66 Å². The van der Waals surface area contributed by atoms with E-state index in [1.165, 1.54) is 4.68 Å². The van der Waals surface area contributed by atoms with Crippen molar-refractivity contribution in [1.29, 1.82) is 0 Å². The second-order valence-electron chi connectivity index (χ2n) is 7.87. The summed E-state index contributed by atoms with van der Waals surface area (Å²) < 4.78 is 19.4. The molecule has 0 aliphatic heterocycles. The SMILES string of the molecule is CCOC(=O)COc1c(I)cc(C=Nn2c(-c3cc4ccccc4o3)nc3ccccc3c2=O)cc1I. The lowest BCUT2D eigenvalue weighted by Crippen LogP contribution is -2.20. The van der Waals surface area contributed by atoms with Gasteiger partial charge in [0.15, 0.2) is 12.4 Å². The Bertz CT molecular complexity index is 1670. The van der Waals surface area contributed by atoms with E-state index in [0.29, 0.717) is 40.4 Å². The zero-order chi connectivity index (χ0) is 25.9. The van der Waals surface area contributed by atoms with E-state index in [0.717, 1.165) is 18.1 Å². The van der Waals surface area contributed by atoms with Crippen LogP contribution in [0.2, 0.25) is 0 Å². The van der Waals surface area contributed by atoms with Crippen LogP contribution in [0.1, 0.15) is 12.5 Å². The fourth-order valence-electron chi connectivity index (χ4n) is 3.73. The molecule has 37 heavy (non-hydrogen) atoms. The lowest BCUT2D eigenvalue weighted by molar-refractivity contribution is -0.145. The highest BCUT2D eigenvalue weighted by molar-refractivity contribution is 14.1. The predicted molar refractivity (Wildman–Crippen MR) is 158 cm³/mol. The second kappa shape index (κ2) is 11.0. The Hall–Kier alpha value is -3.26. The van der Waals surface area contributed by atoms with Crippen molar-refractivity contribution in [2.75, 3.05) is 13.2 Å². The van der Waals surface area contributed by atoms with Gasteiger partial charge in [-0.25, -0.2) is 9.78 Å². The monoisotopic (exact) mass is 719 g/mol. The minimum absolute atomic E-state index is 0.174. The Morgan fingerprint density at radius 2 is 1.81 bits per heavy atom. The highest BCUT2D eigenvalue weighted by Gasteiger charge is 2.17. The third-order valence-electron chi connectivity index (χ3n) is 5.38. The molecule has 5 aromatic rings. The molecule has 0 N–H and O–H groups in total. The molecule has 186 valence electrons. The minimum atomic E-state index is -0.430. The van der Waals surface area contributed by atoms with Gasteiger partial charge in [0.25, 0.3) is 5.56 Å². The molecule has 8 nitrogen and oxygen atoms in total. The minimum Gasteiger partial charge on any atom is -0.480 e. The Morgan fingerprint density at radius 1 is 1.08 bits per heavy atom. The maximum Gasteiger partial charge on any atom is 0.344 e. The van der Waals surface area contributed by atoms with E-state index in [-0.39, 0.29) is 12.2 Å². The third-order valence-corrected chi connectivity index (χ3v) is 6.98. The first-order valence-electron chi connectivity index (χ1n) is 11.3. The van der Waals surface area contributed by atoms with E-state index in [1.807, 2.05) is 48.5 Å². The predicted octanol–water partition coefficient (Wildman–Crippen LogP) is 5.84. The molecule has 0 spiro atoms. The number of carbonyl (C=O) groups excluding carboxylic acids is 1. The molecular weight excluding hydrogens is 700 g/mol. The summed E-state index contributed by atoms with van der Waals surface area (Å²) in [6, 6.07) is 20.3. The first-order chi connectivity index (χ1) is 17.9. The summed E-state index contributed by atoms with van der Waals surface area (Å²) in [5, 5.41) is 5.87. The fourth-order valence-corrected chi connectivity index (χ4v) is 5.86. The van der Waals surface area contributed by atoms with Crippen LogP contribution < -0.4 is 10.3 Å². The van der Waals surface area contributed by atoms with Crippen LogP contribution >= 0.6 is 45.2 Å². The summed E-state index contributed by atoms with van der Waals surface area (Å²) in [4.78, 5) is 29.8. The van der Waals surface area contributed by atoms with Crippen LogP contribution in [0.15, 0.2) is 81.0 Å². The Kier molecular flexibility index (Phi) is 7.55. The third kappa shape index (κ3) is 5.39. The summed E-state index contributed by atoms with van der Waals surface area (Å²) in [6.07, 6.45) is 1.59. The molecular formula is C27H19I2N3O5. The van der Waals surface area contributed by atoms with Gasteiger partial charge in [0, 0.05) is 5.39 Å². The summed E-state index contributed by atoms with van der Waals surface area (Å²) in [5.41, 5.74) is 1.68. The zero-order valence-electron chi connectivity index (χ0n) is 19.5. The Morgan fingerprint density at radius 3 is 2.57 bits per heavy atom. The number of carbonyl (C=O) groups is 1. The van der Waals surface area contributed by atoms with Gasteiger partial charge in [0.1, 0.15) is 11.3 Å². The number of hydrogen-bond donors (Lipinski definition) is 0. The summed E-state index contributed by atoms with van der Waals surface area (Å²) in [5.74, 6) is 0.892. The number of esters is 1. The van der Waals surface area contributed by atoms with Crippen molar-refractivity contribution >= 4 is 79.2 Å². The van der Waals surface area contributed by atoms with Gasteiger partial charge in [-0.3, -0.25) is 4.79 Å². The van der Waals surface area contributed by atoms with Crippen molar-refractivity contribution in [2.45, 2.75) is 6.92 Å². The summed E-state index contributed by atoms with van der Waals surface area (Å²) >= 11 is 4.27. The molecule has 0 aliphatic carbocycles. The normalized spacial score (nSPS) is 11.4. The van der Waals surface area contributed by atoms with E-state index >= 15 is 0 Å². The van der Waals surface area contributed by atoms with Crippen LogP contribution in [-0.4, -0.2) is 35.1 Å². The molecule has 0 unspecified atom stereocenters. The molecule has 0 saturated carbocycles. The number of furan rings is 1. The fraction of sp³-hybridized carbons (Fsp3) is 0.111. The highest BCUT2D eigenvalue weighted by Crippen LogP contribution is 2.29. The van der Waals surface area contributed by atoms with Crippen LogP contribution in [0.3, 0.4) is 0 Å². The van der Waals surface area contributed by atoms with E-state index in [1.54, 1.807) is 31.3 Å². The Balaban J connectivity index is 1.55. The quantitative estimate of drug-likeness (QED) is 0.119. The van der Waals surface area contributed by atoms with Gasteiger partial charge in [0.05, 0.1) is 30.9 Å².